The maximum Gasteiger partial charge on any atom is 0.251 e. The number of aromatic nitrogens is 4. The average Bonchev–Trinajstić information content (AvgIpc) is 3.25. The highest BCUT2D eigenvalue weighted by Crippen LogP contribution is 2.23. The predicted molar refractivity (Wildman–Crippen MR) is 114 cm³/mol. The van der Waals surface area contributed by atoms with Crippen molar-refractivity contribution >= 4 is 11.6 Å². The van der Waals surface area contributed by atoms with Crippen LogP contribution in [0.5, 0.6) is 17.4 Å². The van der Waals surface area contributed by atoms with E-state index in [1.54, 1.807) is 55.1 Å². The van der Waals surface area contributed by atoms with Gasteiger partial charge in [0.05, 0.1) is 20.8 Å². The summed E-state index contributed by atoms with van der Waals surface area (Å²) in [6.07, 6.45) is 0. The minimum Gasteiger partial charge on any atom is -0.497 e. The summed E-state index contributed by atoms with van der Waals surface area (Å²) in [5.74, 6) is 2.11. The summed E-state index contributed by atoms with van der Waals surface area (Å²) in [7, 11) is 3.17. The van der Waals surface area contributed by atoms with E-state index in [0.717, 1.165) is 5.56 Å². The number of carbonyl (C=O) groups is 1. The van der Waals surface area contributed by atoms with Gasteiger partial charge in [0.2, 0.25) is 5.88 Å². The molecule has 0 unspecified atom stereocenters. The molecule has 0 fully saturated rings. The minimum atomic E-state index is -0.204. The van der Waals surface area contributed by atoms with E-state index in [1.807, 2.05) is 24.3 Å². The van der Waals surface area contributed by atoms with Gasteiger partial charge in [-0.1, -0.05) is 18.2 Å². The van der Waals surface area contributed by atoms with Crippen LogP contribution in [0.25, 0.3) is 17.0 Å². The van der Waals surface area contributed by atoms with Gasteiger partial charge in [-0.15, -0.1) is 15.3 Å². The number of carbonyl (C=O) groups excluding carboxylic acids is 1. The highest BCUT2D eigenvalue weighted by Gasteiger charge is 2.12. The summed E-state index contributed by atoms with van der Waals surface area (Å²) < 4.78 is 17.7. The lowest BCUT2D eigenvalue weighted by Gasteiger charge is -2.08. The third-order valence-electron chi connectivity index (χ3n) is 4.54. The Bertz CT molecular complexity index is 1210. The van der Waals surface area contributed by atoms with Crippen molar-refractivity contribution in [3.8, 4) is 28.8 Å². The lowest BCUT2D eigenvalue weighted by atomic mass is 10.2. The highest BCUT2D eigenvalue weighted by molar-refractivity contribution is 5.94. The molecule has 0 radical (unpaired) electrons. The first kappa shape index (κ1) is 20.1. The van der Waals surface area contributed by atoms with Gasteiger partial charge in [-0.2, -0.15) is 4.52 Å². The van der Waals surface area contributed by atoms with E-state index >= 15 is 0 Å². The van der Waals surface area contributed by atoms with Gasteiger partial charge >= 0.3 is 0 Å². The van der Waals surface area contributed by atoms with Gasteiger partial charge < -0.3 is 19.5 Å². The van der Waals surface area contributed by atoms with Crippen LogP contribution >= 0.6 is 0 Å². The van der Waals surface area contributed by atoms with Crippen LogP contribution in [0.1, 0.15) is 10.4 Å². The van der Waals surface area contributed by atoms with E-state index in [2.05, 4.69) is 20.6 Å². The fourth-order valence-corrected chi connectivity index (χ4v) is 2.98. The quantitative estimate of drug-likeness (QED) is 0.438. The first-order valence-electron chi connectivity index (χ1n) is 9.60. The van der Waals surface area contributed by atoms with Crippen LogP contribution in [-0.2, 0) is 0 Å². The third kappa shape index (κ3) is 4.55. The Morgan fingerprint density at radius 1 is 0.968 bits per heavy atom. The monoisotopic (exact) mass is 419 g/mol. The molecule has 0 spiro atoms. The van der Waals surface area contributed by atoms with Crippen LogP contribution in [0.15, 0.2) is 60.7 Å². The molecule has 0 aliphatic rings. The maximum absolute atomic E-state index is 12.2. The number of nitrogens with one attached hydrogen (secondary N) is 1. The summed E-state index contributed by atoms with van der Waals surface area (Å²) in [6.45, 7) is 0.575. The summed E-state index contributed by atoms with van der Waals surface area (Å²) >= 11 is 0. The minimum absolute atomic E-state index is 0.204. The molecule has 4 aromatic rings. The van der Waals surface area contributed by atoms with Gasteiger partial charge in [0.25, 0.3) is 5.91 Å². The second-order valence-electron chi connectivity index (χ2n) is 6.53. The first-order valence-corrected chi connectivity index (χ1v) is 9.60. The van der Waals surface area contributed by atoms with Gasteiger partial charge in [0.1, 0.15) is 18.1 Å². The zero-order valence-corrected chi connectivity index (χ0v) is 17.1. The van der Waals surface area contributed by atoms with E-state index in [4.69, 9.17) is 14.2 Å². The molecular weight excluding hydrogens is 398 g/mol. The maximum atomic E-state index is 12.2. The van der Waals surface area contributed by atoms with Crippen LogP contribution < -0.4 is 19.5 Å². The smallest absolute Gasteiger partial charge is 0.251 e. The number of hydrogen-bond acceptors (Lipinski definition) is 7. The average molecular weight is 419 g/mol. The second kappa shape index (κ2) is 9.12. The fourth-order valence-electron chi connectivity index (χ4n) is 2.98. The van der Waals surface area contributed by atoms with E-state index in [0.29, 0.717) is 41.0 Å². The summed E-state index contributed by atoms with van der Waals surface area (Å²) in [5, 5.41) is 15.6. The largest absolute Gasteiger partial charge is 0.497 e. The Labute approximate surface area is 178 Å². The number of ether oxygens (including phenoxy) is 3. The van der Waals surface area contributed by atoms with Crippen LogP contribution in [0.3, 0.4) is 0 Å². The lowest BCUT2D eigenvalue weighted by Crippen LogP contribution is -2.28. The molecule has 1 N–H and O–H groups in total. The van der Waals surface area contributed by atoms with E-state index in [9.17, 15) is 4.79 Å². The Balaban J connectivity index is 1.40. The van der Waals surface area contributed by atoms with E-state index < -0.39 is 0 Å². The number of rotatable bonds is 8. The topological polar surface area (TPSA) is 99.9 Å². The Morgan fingerprint density at radius 2 is 1.74 bits per heavy atom. The Kier molecular flexibility index (Phi) is 5.93. The van der Waals surface area contributed by atoms with Gasteiger partial charge in [-0.05, 0) is 36.4 Å². The van der Waals surface area contributed by atoms with Crippen LogP contribution in [-0.4, -0.2) is 53.1 Å². The molecule has 0 atom stereocenters. The Morgan fingerprint density at radius 3 is 2.55 bits per heavy atom. The summed E-state index contributed by atoms with van der Waals surface area (Å²) in [4.78, 5) is 12.2. The predicted octanol–water partition coefficient (Wildman–Crippen LogP) is 2.62. The molecular formula is C22H21N5O4. The number of fused-ring (bicyclic) bond motifs is 1. The Hall–Kier alpha value is -4.14. The molecule has 9 nitrogen and oxygen atoms in total. The molecule has 1 amide bonds. The standard InChI is InChI=1S/C22H21N5O4/c1-29-17-7-3-5-15(13-17)21-25-24-19-9-10-20(26-27(19)21)31-12-11-23-22(28)16-6-4-8-18(14-16)30-2/h3-10,13-14H,11-12H2,1-2H3,(H,23,28). The zero-order valence-electron chi connectivity index (χ0n) is 17.1. The van der Waals surface area contributed by atoms with Crippen molar-refractivity contribution in [2.45, 2.75) is 0 Å². The number of hydrogen-bond donors (Lipinski definition) is 1. The van der Waals surface area contributed by atoms with Crippen molar-refractivity contribution in [1.82, 2.24) is 25.1 Å². The van der Waals surface area contributed by atoms with Crippen molar-refractivity contribution in [1.29, 1.82) is 0 Å². The molecule has 2 heterocycles. The van der Waals surface area contributed by atoms with Gasteiger partial charge in [-0.3, -0.25) is 4.79 Å². The number of amides is 1. The molecule has 9 heteroatoms. The second-order valence-corrected chi connectivity index (χ2v) is 6.53. The molecule has 31 heavy (non-hydrogen) atoms. The molecule has 0 saturated heterocycles. The number of nitrogens with zero attached hydrogens (tertiary/aromatic N) is 4. The van der Waals surface area contributed by atoms with Crippen molar-refractivity contribution in [2.75, 3.05) is 27.4 Å². The van der Waals surface area contributed by atoms with Crippen LogP contribution in [0.2, 0.25) is 0 Å². The van der Waals surface area contributed by atoms with Crippen molar-refractivity contribution < 1.29 is 19.0 Å². The summed E-state index contributed by atoms with van der Waals surface area (Å²) in [6, 6.07) is 17.9. The molecule has 0 bridgehead atoms. The number of benzene rings is 2. The SMILES string of the molecule is COc1cccc(C(=O)NCCOc2ccc3nnc(-c4cccc(OC)c4)n3n2)c1. The van der Waals surface area contributed by atoms with Gasteiger partial charge in [0, 0.05) is 17.2 Å². The first-order chi connectivity index (χ1) is 15.2. The normalized spacial score (nSPS) is 10.6. The highest BCUT2D eigenvalue weighted by atomic mass is 16.5. The molecule has 0 aliphatic heterocycles. The fraction of sp³-hybridized carbons (Fsp3) is 0.182. The zero-order chi connectivity index (χ0) is 21.6. The van der Waals surface area contributed by atoms with Gasteiger partial charge in [0.15, 0.2) is 11.5 Å². The molecule has 2 aromatic carbocycles. The van der Waals surface area contributed by atoms with E-state index in [-0.39, 0.29) is 12.5 Å². The van der Waals surface area contributed by atoms with Crippen molar-refractivity contribution in [2.24, 2.45) is 0 Å². The van der Waals surface area contributed by atoms with Crippen LogP contribution in [0.4, 0.5) is 0 Å². The summed E-state index contributed by atoms with van der Waals surface area (Å²) in [5.41, 5.74) is 1.94. The van der Waals surface area contributed by atoms with E-state index in [1.165, 1.54) is 0 Å². The molecule has 0 aliphatic carbocycles. The number of methoxy groups -OCH3 is 2. The third-order valence-corrected chi connectivity index (χ3v) is 4.54. The van der Waals surface area contributed by atoms with Gasteiger partial charge in [-0.25, -0.2) is 0 Å². The molecule has 158 valence electrons. The van der Waals surface area contributed by atoms with Crippen molar-refractivity contribution in [3.63, 3.8) is 0 Å². The molecule has 2 aromatic heterocycles. The van der Waals surface area contributed by atoms with Crippen molar-refractivity contribution in [3.05, 3.63) is 66.2 Å². The lowest BCUT2D eigenvalue weighted by molar-refractivity contribution is 0.0946. The molecule has 0 saturated carbocycles. The van der Waals surface area contributed by atoms with Crippen LogP contribution in [0, 0.1) is 0 Å². The molecule has 4 rings (SSSR count).